The Hall–Kier alpha value is -1.07. The molecular formula is C16H22F3NO. The summed E-state index contributed by atoms with van der Waals surface area (Å²) >= 11 is 0. The second-order valence-electron chi connectivity index (χ2n) is 5.66. The van der Waals surface area contributed by atoms with E-state index < -0.39 is 17.3 Å². The third-order valence-electron chi connectivity index (χ3n) is 4.30. The van der Waals surface area contributed by atoms with Crippen molar-refractivity contribution in [3.63, 3.8) is 0 Å². The normalized spacial score (nSPS) is 20.2. The molecule has 1 aliphatic rings. The molecule has 0 aliphatic heterocycles. The molecule has 5 heteroatoms. The van der Waals surface area contributed by atoms with Gasteiger partial charge in [-0.25, -0.2) is 0 Å². The molecule has 0 bridgehead atoms. The molecule has 2 N–H and O–H groups in total. The summed E-state index contributed by atoms with van der Waals surface area (Å²) in [6, 6.07) is 4.75. The summed E-state index contributed by atoms with van der Waals surface area (Å²) in [6.45, 7) is 2.49. The van der Waals surface area contributed by atoms with Crippen LogP contribution >= 0.6 is 0 Å². The third-order valence-corrected chi connectivity index (χ3v) is 4.30. The smallest absolute Gasteiger partial charge is 0.373 e. The first-order valence-corrected chi connectivity index (χ1v) is 7.46. The molecule has 1 unspecified atom stereocenters. The van der Waals surface area contributed by atoms with Crippen molar-refractivity contribution in [1.29, 1.82) is 0 Å². The van der Waals surface area contributed by atoms with E-state index in [0.29, 0.717) is 12.2 Å². The van der Waals surface area contributed by atoms with Crippen LogP contribution in [0.1, 0.15) is 56.2 Å². The summed E-state index contributed by atoms with van der Waals surface area (Å²) < 4.78 is 43.8. The van der Waals surface area contributed by atoms with Crippen molar-refractivity contribution < 1.29 is 17.9 Å². The minimum atomic E-state index is -4.31. The monoisotopic (exact) mass is 301 g/mol. The van der Waals surface area contributed by atoms with Crippen molar-refractivity contribution in [2.75, 3.05) is 6.61 Å². The minimum Gasteiger partial charge on any atom is -0.373 e. The Bertz CT molecular complexity index is 444. The number of benzene rings is 1. The molecule has 1 fully saturated rings. The second kappa shape index (κ2) is 6.36. The van der Waals surface area contributed by atoms with Crippen molar-refractivity contribution >= 4 is 0 Å². The maximum absolute atomic E-state index is 12.6. The average molecular weight is 301 g/mol. The zero-order chi connectivity index (χ0) is 15.5. The zero-order valence-corrected chi connectivity index (χ0v) is 12.2. The topological polar surface area (TPSA) is 35.2 Å². The number of hydrogen-bond donors (Lipinski definition) is 1. The van der Waals surface area contributed by atoms with Crippen molar-refractivity contribution in [2.45, 2.75) is 56.8 Å². The van der Waals surface area contributed by atoms with E-state index in [1.807, 2.05) is 6.92 Å². The highest BCUT2D eigenvalue weighted by atomic mass is 19.4. The Morgan fingerprint density at radius 3 is 2.19 bits per heavy atom. The summed E-state index contributed by atoms with van der Waals surface area (Å²) in [5, 5.41) is 0. The first-order valence-electron chi connectivity index (χ1n) is 7.46. The van der Waals surface area contributed by atoms with Gasteiger partial charge < -0.3 is 10.5 Å². The lowest BCUT2D eigenvalue weighted by Gasteiger charge is -2.42. The number of halogens is 3. The molecule has 2 rings (SSSR count). The Labute approximate surface area is 123 Å². The summed E-state index contributed by atoms with van der Waals surface area (Å²) in [5.41, 5.74) is 5.97. The lowest BCUT2D eigenvalue weighted by Crippen LogP contribution is -2.45. The standard InChI is InChI=1S/C16H22F3NO/c1-2-21-15(10-4-3-5-11-15)14(20)12-6-8-13(9-7-12)16(17,18)19/h6-9,14H,2-5,10-11,20H2,1H3. The molecule has 0 amide bonds. The van der Waals surface area contributed by atoms with E-state index in [1.54, 1.807) is 0 Å². The quantitative estimate of drug-likeness (QED) is 0.892. The van der Waals surface area contributed by atoms with Crippen LogP contribution in [-0.2, 0) is 10.9 Å². The summed E-state index contributed by atoms with van der Waals surface area (Å²) in [4.78, 5) is 0. The molecule has 1 saturated carbocycles. The highest BCUT2D eigenvalue weighted by Crippen LogP contribution is 2.40. The van der Waals surface area contributed by atoms with Crippen molar-refractivity contribution in [3.05, 3.63) is 35.4 Å². The van der Waals surface area contributed by atoms with Crippen LogP contribution in [0, 0.1) is 0 Å². The van der Waals surface area contributed by atoms with E-state index in [9.17, 15) is 13.2 Å². The second-order valence-corrected chi connectivity index (χ2v) is 5.66. The first kappa shape index (κ1) is 16.3. The molecule has 1 aromatic carbocycles. The van der Waals surface area contributed by atoms with E-state index in [1.165, 1.54) is 12.1 Å². The van der Waals surface area contributed by atoms with Gasteiger partial charge in [0.2, 0.25) is 0 Å². The van der Waals surface area contributed by atoms with Gasteiger partial charge in [0.05, 0.1) is 17.2 Å². The van der Waals surface area contributed by atoms with Gasteiger partial charge in [-0.15, -0.1) is 0 Å². The summed E-state index contributed by atoms with van der Waals surface area (Å²) in [5.74, 6) is 0. The number of rotatable bonds is 4. The Balaban J connectivity index is 2.22. The van der Waals surface area contributed by atoms with Gasteiger partial charge in [-0.1, -0.05) is 31.4 Å². The molecule has 1 aromatic rings. The lowest BCUT2D eigenvalue weighted by atomic mass is 9.77. The van der Waals surface area contributed by atoms with E-state index in [0.717, 1.165) is 44.2 Å². The molecular weight excluding hydrogens is 279 g/mol. The molecule has 21 heavy (non-hydrogen) atoms. The van der Waals surface area contributed by atoms with Gasteiger partial charge in [0.25, 0.3) is 0 Å². The van der Waals surface area contributed by atoms with Crippen molar-refractivity contribution in [2.24, 2.45) is 5.73 Å². The molecule has 1 atom stereocenters. The summed E-state index contributed by atoms with van der Waals surface area (Å²) in [7, 11) is 0. The van der Waals surface area contributed by atoms with Crippen molar-refractivity contribution in [3.8, 4) is 0 Å². The van der Waals surface area contributed by atoms with Crippen LogP contribution in [0.4, 0.5) is 13.2 Å². The summed E-state index contributed by atoms with van der Waals surface area (Å²) in [6.07, 6.45) is 0.675. The molecule has 0 heterocycles. The van der Waals surface area contributed by atoms with Gasteiger partial charge in [-0.2, -0.15) is 13.2 Å². The van der Waals surface area contributed by atoms with E-state index in [2.05, 4.69) is 0 Å². The predicted molar refractivity (Wildman–Crippen MR) is 75.8 cm³/mol. The molecule has 1 aliphatic carbocycles. The number of nitrogens with two attached hydrogens (primary N) is 1. The fraction of sp³-hybridized carbons (Fsp3) is 0.625. The Morgan fingerprint density at radius 1 is 1.14 bits per heavy atom. The number of hydrogen-bond acceptors (Lipinski definition) is 2. The first-order chi connectivity index (χ1) is 9.89. The van der Waals surface area contributed by atoms with Crippen LogP contribution in [-0.4, -0.2) is 12.2 Å². The Morgan fingerprint density at radius 2 is 1.71 bits per heavy atom. The average Bonchev–Trinajstić information content (AvgIpc) is 2.47. The van der Waals surface area contributed by atoms with Gasteiger partial charge in [0.1, 0.15) is 0 Å². The highest BCUT2D eigenvalue weighted by Gasteiger charge is 2.39. The van der Waals surface area contributed by atoms with Gasteiger partial charge in [-0.05, 0) is 37.5 Å². The fourth-order valence-electron chi connectivity index (χ4n) is 3.17. The molecule has 0 spiro atoms. The van der Waals surface area contributed by atoms with E-state index in [-0.39, 0.29) is 6.04 Å². The van der Waals surface area contributed by atoms with Gasteiger partial charge in [0, 0.05) is 6.61 Å². The molecule has 2 nitrogen and oxygen atoms in total. The number of ether oxygens (including phenoxy) is 1. The van der Waals surface area contributed by atoms with Crippen molar-refractivity contribution in [1.82, 2.24) is 0 Å². The van der Waals surface area contributed by atoms with Gasteiger partial charge in [0.15, 0.2) is 0 Å². The van der Waals surface area contributed by atoms with Crippen LogP contribution < -0.4 is 5.73 Å². The van der Waals surface area contributed by atoms with Crippen LogP contribution in [0.3, 0.4) is 0 Å². The zero-order valence-electron chi connectivity index (χ0n) is 12.2. The predicted octanol–water partition coefficient (Wildman–Crippen LogP) is 4.44. The molecule has 0 radical (unpaired) electrons. The largest absolute Gasteiger partial charge is 0.416 e. The van der Waals surface area contributed by atoms with Gasteiger partial charge >= 0.3 is 6.18 Å². The van der Waals surface area contributed by atoms with Gasteiger partial charge in [-0.3, -0.25) is 0 Å². The number of alkyl halides is 3. The molecule has 118 valence electrons. The van der Waals surface area contributed by atoms with Crippen LogP contribution in [0.25, 0.3) is 0 Å². The molecule has 0 saturated heterocycles. The maximum Gasteiger partial charge on any atom is 0.416 e. The fourth-order valence-corrected chi connectivity index (χ4v) is 3.17. The lowest BCUT2D eigenvalue weighted by molar-refractivity contribution is -0.137. The molecule has 0 aromatic heterocycles. The van der Waals surface area contributed by atoms with Crippen LogP contribution in [0.15, 0.2) is 24.3 Å². The Kier molecular flexibility index (Phi) is 4.94. The maximum atomic E-state index is 12.6. The van der Waals surface area contributed by atoms with E-state index >= 15 is 0 Å². The highest BCUT2D eigenvalue weighted by molar-refractivity contribution is 5.28. The van der Waals surface area contributed by atoms with Crippen LogP contribution in [0.2, 0.25) is 0 Å². The SMILES string of the molecule is CCOC1(C(N)c2ccc(C(F)(F)F)cc2)CCCCC1. The minimum absolute atomic E-state index is 0.389. The van der Waals surface area contributed by atoms with Crippen LogP contribution in [0.5, 0.6) is 0 Å². The third kappa shape index (κ3) is 3.58. The van der Waals surface area contributed by atoms with E-state index in [4.69, 9.17) is 10.5 Å².